The van der Waals surface area contributed by atoms with Crippen molar-refractivity contribution in [2.24, 2.45) is 0 Å². The first-order valence-corrected chi connectivity index (χ1v) is 11.7. The number of ether oxygens (including phenoxy) is 2. The quantitative estimate of drug-likeness (QED) is 0.600. The van der Waals surface area contributed by atoms with Gasteiger partial charge in [-0.3, -0.25) is 14.4 Å². The van der Waals surface area contributed by atoms with Gasteiger partial charge in [-0.2, -0.15) is 11.8 Å². The number of Topliss-reactive ketones (excluding diaryl/α,β-unsaturated/α-hetero) is 2. The lowest BCUT2D eigenvalue weighted by Crippen LogP contribution is -2.58. The summed E-state index contributed by atoms with van der Waals surface area (Å²) in [6.07, 6.45) is 2.08. The number of rotatable bonds is 7. The monoisotopic (exact) mass is 443 g/mol. The molecule has 0 saturated carbocycles. The van der Waals surface area contributed by atoms with Gasteiger partial charge >= 0.3 is 0 Å². The summed E-state index contributed by atoms with van der Waals surface area (Å²) in [7, 11) is 2.70. The third-order valence-electron chi connectivity index (χ3n) is 5.91. The van der Waals surface area contributed by atoms with Crippen molar-refractivity contribution in [3.8, 4) is 0 Å². The van der Waals surface area contributed by atoms with Crippen LogP contribution in [0.15, 0.2) is 53.0 Å². The maximum atomic E-state index is 13.7. The van der Waals surface area contributed by atoms with Crippen LogP contribution in [0.3, 0.4) is 0 Å². The zero-order valence-electron chi connectivity index (χ0n) is 18.5. The summed E-state index contributed by atoms with van der Waals surface area (Å²) < 4.78 is 10.5. The first kappa shape index (κ1) is 23.1. The molecular formula is C24H29NO5S. The van der Waals surface area contributed by atoms with Gasteiger partial charge in [-0.1, -0.05) is 43.7 Å². The molecule has 7 heteroatoms. The van der Waals surface area contributed by atoms with Crippen LogP contribution in [0, 0.1) is 0 Å². The summed E-state index contributed by atoms with van der Waals surface area (Å²) in [5.41, 5.74) is 0.370. The van der Waals surface area contributed by atoms with E-state index in [0.29, 0.717) is 29.9 Å². The predicted octanol–water partition coefficient (Wildman–Crippen LogP) is 3.62. The third kappa shape index (κ3) is 3.91. The number of hydrogen-bond acceptors (Lipinski definition) is 6. The molecule has 1 amide bonds. The SMILES string of the molecule is CCCCC(=O)N1CCSCC1(C1=C(C)C(=O)C(OC)=C(OC)C1=O)c1ccccc1. The van der Waals surface area contributed by atoms with E-state index in [9.17, 15) is 14.4 Å². The predicted molar refractivity (Wildman–Crippen MR) is 120 cm³/mol. The number of allylic oxidation sites excluding steroid dienone is 2. The summed E-state index contributed by atoms with van der Waals surface area (Å²) in [5.74, 6) is 0.255. The average Bonchev–Trinajstić information content (AvgIpc) is 2.80. The number of benzene rings is 1. The first-order chi connectivity index (χ1) is 14.9. The van der Waals surface area contributed by atoms with Crippen molar-refractivity contribution in [3.05, 3.63) is 58.6 Å². The average molecular weight is 444 g/mol. The zero-order valence-corrected chi connectivity index (χ0v) is 19.3. The molecule has 0 N–H and O–H groups in total. The van der Waals surface area contributed by atoms with E-state index in [2.05, 4.69) is 0 Å². The van der Waals surface area contributed by atoms with Crippen molar-refractivity contribution in [1.82, 2.24) is 4.90 Å². The van der Waals surface area contributed by atoms with E-state index in [4.69, 9.17) is 9.47 Å². The van der Waals surface area contributed by atoms with Crippen LogP contribution in [0.5, 0.6) is 0 Å². The number of thioether (sulfide) groups is 1. The Hall–Kier alpha value is -2.54. The maximum absolute atomic E-state index is 13.7. The summed E-state index contributed by atoms with van der Waals surface area (Å²) in [6, 6.07) is 9.53. The van der Waals surface area contributed by atoms with Gasteiger partial charge in [0.25, 0.3) is 0 Å². The fraction of sp³-hybridized carbons (Fsp3) is 0.458. The summed E-state index contributed by atoms with van der Waals surface area (Å²) >= 11 is 1.68. The molecule has 1 atom stereocenters. The van der Waals surface area contributed by atoms with Crippen molar-refractivity contribution in [3.63, 3.8) is 0 Å². The fourth-order valence-corrected chi connectivity index (χ4v) is 5.61. The molecule has 166 valence electrons. The fourth-order valence-electron chi connectivity index (χ4n) is 4.39. The molecule has 1 aliphatic heterocycles. The maximum Gasteiger partial charge on any atom is 0.230 e. The molecule has 0 aromatic heterocycles. The first-order valence-electron chi connectivity index (χ1n) is 10.5. The Bertz CT molecular complexity index is 937. The van der Waals surface area contributed by atoms with Gasteiger partial charge in [-0.15, -0.1) is 0 Å². The molecule has 1 aromatic carbocycles. The van der Waals surface area contributed by atoms with Gasteiger partial charge in [0.1, 0.15) is 5.54 Å². The Kier molecular flexibility index (Phi) is 7.26. The van der Waals surface area contributed by atoms with E-state index in [-0.39, 0.29) is 23.2 Å². The highest BCUT2D eigenvalue weighted by molar-refractivity contribution is 7.99. The van der Waals surface area contributed by atoms with Crippen LogP contribution in [0.1, 0.15) is 38.7 Å². The highest BCUT2D eigenvalue weighted by atomic mass is 32.2. The highest BCUT2D eigenvalue weighted by Crippen LogP contribution is 2.46. The van der Waals surface area contributed by atoms with Gasteiger partial charge in [0.2, 0.25) is 29.0 Å². The van der Waals surface area contributed by atoms with Gasteiger partial charge in [-0.05, 0) is 18.9 Å². The second-order valence-corrected chi connectivity index (χ2v) is 8.76. The summed E-state index contributed by atoms with van der Waals surface area (Å²) in [6.45, 7) is 4.19. The molecule has 0 spiro atoms. The van der Waals surface area contributed by atoms with Crippen molar-refractivity contribution in [1.29, 1.82) is 0 Å². The van der Waals surface area contributed by atoms with Crippen LogP contribution in [0.25, 0.3) is 0 Å². The molecular weight excluding hydrogens is 414 g/mol. The van der Waals surface area contributed by atoms with Gasteiger partial charge in [-0.25, -0.2) is 0 Å². The van der Waals surface area contributed by atoms with Crippen molar-refractivity contribution >= 4 is 29.2 Å². The number of amides is 1. The number of carbonyl (C=O) groups is 3. The van der Waals surface area contributed by atoms with E-state index in [1.54, 1.807) is 18.7 Å². The zero-order chi connectivity index (χ0) is 22.6. The summed E-state index contributed by atoms with van der Waals surface area (Å²) in [5, 5.41) is 0. The Balaban J connectivity index is 2.27. The molecule has 1 unspecified atom stereocenters. The Morgan fingerprint density at radius 2 is 1.74 bits per heavy atom. The number of unbranched alkanes of at least 4 members (excludes halogenated alkanes) is 1. The van der Waals surface area contributed by atoms with Gasteiger partial charge in [0.15, 0.2) is 0 Å². The topological polar surface area (TPSA) is 72.9 Å². The van der Waals surface area contributed by atoms with Crippen LogP contribution in [-0.4, -0.2) is 54.6 Å². The number of hydrogen-bond donors (Lipinski definition) is 0. The van der Waals surface area contributed by atoms with Crippen LogP contribution >= 0.6 is 11.8 Å². The number of carbonyl (C=O) groups excluding carboxylic acids is 3. The molecule has 1 aromatic rings. The second kappa shape index (κ2) is 9.73. The van der Waals surface area contributed by atoms with Gasteiger partial charge in [0.05, 0.1) is 14.2 Å². The molecule has 31 heavy (non-hydrogen) atoms. The third-order valence-corrected chi connectivity index (χ3v) is 7.00. The Morgan fingerprint density at radius 3 is 2.35 bits per heavy atom. The van der Waals surface area contributed by atoms with E-state index in [1.807, 2.05) is 42.2 Å². The lowest BCUT2D eigenvalue weighted by atomic mass is 9.74. The van der Waals surface area contributed by atoms with E-state index >= 15 is 0 Å². The molecule has 3 rings (SSSR count). The van der Waals surface area contributed by atoms with Crippen LogP contribution in [0.4, 0.5) is 0 Å². The lowest BCUT2D eigenvalue weighted by molar-refractivity contribution is -0.137. The van der Waals surface area contributed by atoms with Crippen molar-refractivity contribution < 1.29 is 23.9 Å². The molecule has 1 aliphatic carbocycles. The normalized spacial score (nSPS) is 22.1. The minimum atomic E-state index is -1.05. The largest absolute Gasteiger partial charge is 0.489 e. The minimum absolute atomic E-state index is 0.00737. The molecule has 6 nitrogen and oxygen atoms in total. The standard InChI is InChI=1S/C24H29NO5S/c1-5-6-12-18(26)25-13-14-31-15-24(25,17-10-8-7-9-11-17)19-16(2)20(27)22(29-3)23(30-4)21(19)28/h7-11H,5-6,12-15H2,1-4H3. The van der Waals surface area contributed by atoms with Crippen LogP contribution < -0.4 is 0 Å². The van der Waals surface area contributed by atoms with Crippen LogP contribution in [0.2, 0.25) is 0 Å². The lowest BCUT2D eigenvalue weighted by Gasteiger charge is -2.49. The Labute approximate surface area is 187 Å². The van der Waals surface area contributed by atoms with Gasteiger partial charge in [0, 0.05) is 35.6 Å². The highest BCUT2D eigenvalue weighted by Gasteiger charge is 2.52. The van der Waals surface area contributed by atoms with Crippen molar-refractivity contribution in [2.75, 3.05) is 32.3 Å². The van der Waals surface area contributed by atoms with Crippen LogP contribution in [-0.2, 0) is 29.4 Å². The van der Waals surface area contributed by atoms with E-state index in [0.717, 1.165) is 24.2 Å². The number of ketones is 2. The minimum Gasteiger partial charge on any atom is -0.489 e. The number of nitrogens with zero attached hydrogens (tertiary/aromatic N) is 1. The van der Waals surface area contributed by atoms with Crippen molar-refractivity contribution in [2.45, 2.75) is 38.6 Å². The summed E-state index contributed by atoms with van der Waals surface area (Å²) in [4.78, 5) is 42.1. The molecule has 1 fully saturated rings. The second-order valence-electron chi connectivity index (χ2n) is 7.65. The molecule has 1 saturated heterocycles. The molecule has 0 bridgehead atoms. The van der Waals surface area contributed by atoms with Gasteiger partial charge < -0.3 is 14.4 Å². The van der Waals surface area contributed by atoms with E-state index in [1.165, 1.54) is 14.2 Å². The molecule has 2 aliphatic rings. The molecule has 1 heterocycles. The number of methoxy groups -OCH3 is 2. The smallest absolute Gasteiger partial charge is 0.230 e. The molecule has 0 radical (unpaired) electrons. The van der Waals surface area contributed by atoms with E-state index < -0.39 is 11.3 Å². The Morgan fingerprint density at radius 1 is 1.10 bits per heavy atom.